The number of hydrogen-bond acceptors (Lipinski definition) is 5. The molecule has 1 aromatic heterocycles. The Morgan fingerprint density at radius 2 is 1.91 bits per heavy atom. The molecule has 1 aliphatic heterocycles. The van der Waals surface area contributed by atoms with E-state index in [0.29, 0.717) is 47.1 Å². The van der Waals surface area contributed by atoms with Crippen LogP contribution >= 0.6 is 0 Å². The zero-order chi connectivity index (χ0) is 15.8. The van der Waals surface area contributed by atoms with Crippen molar-refractivity contribution in [3.8, 4) is 23.0 Å². The van der Waals surface area contributed by atoms with E-state index in [1.807, 2.05) is 6.07 Å². The number of anilines is 1. The number of nitrogens with two attached hydrogens (primary N) is 1. The number of benzene rings is 2. The molecule has 23 heavy (non-hydrogen) atoms. The van der Waals surface area contributed by atoms with Gasteiger partial charge in [0.25, 0.3) is 0 Å². The summed E-state index contributed by atoms with van der Waals surface area (Å²) >= 11 is 0. The second-order valence-corrected chi connectivity index (χ2v) is 5.08. The zero-order valence-electron chi connectivity index (χ0n) is 12.1. The maximum Gasteiger partial charge on any atom is 0.174 e. The third-order valence-corrected chi connectivity index (χ3v) is 3.55. The Morgan fingerprint density at radius 1 is 1.04 bits per heavy atom. The van der Waals surface area contributed by atoms with Crippen molar-refractivity contribution in [1.82, 2.24) is 4.98 Å². The molecule has 0 saturated carbocycles. The van der Waals surface area contributed by atoms with Crippen molar-refractivity contribution in [3.63, 3.8) is 0 Å². The standard InChI is InChI=1S/C17H13FN2O3/c18-11-9-10(19)1-3-13(11)23-14-5-6-20-12-2-4-15-17(16(12)14)22-8-7-21-15/h1-6,9H,7-8,19H2. The number of aromatic nitrogens is 1. The maximum atomic E-state index is 14.0. The molecule has 0 fully saturated rings. The van der Waals surface area contributed by atoms with Gasteiger partial charge in [-0.25, -0.2) is 4.39 Å². The number of pyridine rings is 1. The monoisotopic (exact) mass is 312 g/mol. The van der Waals surface area contributed by atoms with Crippen molar-refractivity contribution in [1.29, 1.82) is 0 Å². The second-order valence-electron chi connectivity index (χ2n) is 5.08. The lowest BCUT2D eigenvalue weighted by atomic mass is 10.1. The molecular weight excluding hydrogens is 299 g/mol. The second kappa shape index (κ2) is 5.31. The van der Waals surface area contributed by atoms with Gasteiger partial charge in [-0.15, -0.1) is 0 Å². The summed E-state index contributed by atoms with van der Waals surface area (Å²) in [6, 6.07) is 9.57. The summed E-state index contributed by atoms with van der Waals surface area (Å²) in [5, 5.41) is 0.654. The molecule has 2 N–H and O–H groups in total. The fraction of sp³-hybridized carbons (Fsp3) is 0.118. The summed E-state index contributed by atoms with van der Waals surface area (Å²) in [5.74, 6) is 1.19. The van der Waals surface area contributed by atoms with Crippen LogP contribution in [0.15, 0.2) is 42.6 Å². The van der Waals surface area contributed by atoms with Crippen LogP contribution in [0, 0.1) is 5.82 Å². The first kappa shape index (κ1) is 13.6. The smallest absolute Gasteiger partial charge is 0.174 e. The van der Waals surface area contributed by atoms with E-state index < -0.39 is 5.82 Å². The summed E-state index contributed by atoms with van der Waals surface area (Å²) in [6.45, 7) is 0.929. The minimum Gasteiger partial charge on any atom is -0.486 e. The fourth-order valence-electron chi connectivity index (χ4n) is 2.52. The van der Waals surface area contributed by atoms with Crippen molar-refractivity contribution in [2.45, 2.75) is 0 Å². The molecule has 0 aliphatic carbocycles. The molecule has 0 spiro atoms. The van der Waals surface area contributed by atoms with Crippen LogP contribution in [0.4, 0.5) is 10.1 Å². The van der Waals surface area contributed by atoms with Crippen LogP contribution in [0.3, 0.4) is 0 Å². The van der Waals surface area contributed by atoms with Crippen molar-refractivity contribution in [2.24, 2.45) is 0 Å². The van der Waals surface area contributed by atoms with E-state index in [0.717, 1.165) is 0 Å². The quantitative estimate of drug-likeness (QED) is 0.733. The summed E-state index contributed by atoms with van der Waals surface area (Å²) in [5.41, 5.74) is 6.58. The van der Waals surface area contributed by atoms with Gasteiger partial charge in [-0.2, -0.15) is 0 Å². The highest BCUT2D eigenvalue weighted by molar-refractivity contribution is 5.93. The minimum absolute atomic E-state index is 0.0843. The summed E-state index contributed by atoms with van der Waals surface area (Å²) in [7, 11) is 0. The third-order valence-electron chi connectivity index (χ3n) is 3.55. The highest BCUT2D eigenvalue weighted by Crippen LogP contribution is 2.43. The summed E-state index contributed by atoms with van der Waals surface area (Å²) in [6.07, 6.45) is 1.60. The molecule has 1 aliphatic rings. The fourth-order valence-corrected chi connectivity index (χ4v) is 2.52. The predicted octanol–water partition coefficient (Wildman–Crippen LogP) is 3.52. The van der Waals surface area contributed by atoms with Gasteiger partial charge < -0.3 is 19.9 Å². The summed E-state index contributed by atoms with van der Waals surface area (Å²) < 4.78 is 31.0. The Hall–Kier alpha value is -3.02. The Balaban J connectivity index is 1.86. The lowest BCUT2D eigenvalue weighted by Crippen LogP contribution is -2.15. The number of nitrogen functional groups attached to an aromatic ring is 1. The van der Waals surface area contributed by atoms with E-state index in [-0.39, 0.29) is 5.75 Å². The van der Waals surface area contributed by atoms with Crippen molar-refractivity contribution in [2.75, 3.05) is 18.9 Å². The molecular formula is C17H13FN2O3. The number of fused-ring (bicyclic) bond motifs is 3. The molecule has 116 valence electrons. The number of hydrogen-bond donors (Lipinski definition) is 1. The predicted molar refractivity (Wildman–Crippen MR) is 83.6 cm³/mol. The Morgan fingerprint density at radius 3 is 2.78 bits per heavy atom. The molecule has 6 heteroatoms. The van der Waals surface area contributed by atoms with Crippen LogP contribution in [-0.2, 0) is 0 Å². The van der Waals surface area contributed by atoms with Gasteiger partial charge >= 0.3 is 0 Å². The maximum absolute atomic E-state index is 14.0. The first-order valence-corrected chi connectivity index (χ1v) is 7.12. The van der Waals surface area contributed by atoms with Gasteiger partial charge in [0, 0.05) is 18.0 Å². The molecule has 2 heterocycles. The van der Waals surface area contributed by atoms with Crippen molar-refractivity contribution >= 4 is 16.6 Å². The van der Waals surface area contributed by atoms with Gasteiger partial charge in [-0.05, 0) is 30.3 Å². The van der Waals surface area contributed by atoms with E-state index >= 15 is 0 Å². The Bertz CT molecular complexity index is 898. The molecule has 5 nitrogen and oxygen atoms in total. The van der Waals surface area contributed by atoms with Crippen LogP contribution in [0.25, 0.3) is 10.9 Å². The van der Waals surface area contributed by atoms with Gasteiger partial charge in [0.2, 0.25) is 0 Å². The zero-order valence-corrected chi connectivity index (χ0v) is 12.1. The normalized spacial score (nSPS) is 13.1. The SMILES string of the molecule is Nc1ccc(Oc2ccnc3ccc4c(c23)OCCO4)c(F)c1. The van der Waals surface area contributed by atoms with E-state index in [2.05, 4.69) is 4.98 Å². The molecule has 0 unspecified atom stereocenters. The van der Waals surface area contributed by atoms with E-state index in [9.17, 15) is 4.39 Å². The van der Waals surface area contributed by atoms with Gasteiger partial charge in [0.1, 0.15) is 19.0 Å². The van der Waals surface area contributed by atoms with Crippen LogP contribution in [-0.4, -0.2) is 18.2 Å². The highest BCUT2D eigenvalue weighted by atomic mass is 19.1. The van der Waals surface area contributed by atoms with E-state index in [1.54, 1.807) is 24.4 Å². The third kappa shape index (κ3) is 2.38. The van der Waals surface area contributed by atoms with Crippen LogP contribution in [0.5, 0.6) is 23.0 Å². The number of halogens is 1. The Labute approximate surface area is 131 Å². The first-order chi connectivity index (χ1) is 11.2. The molecule has 2 aromatic carbocycles. The van der Waals surface area contributed by atoms with Crippen molar-refractivity contribution in [3.05, 3.63) is 48.4 Å². The molecule has 0 saturated heterocycles. The van der Waals surface area contributed by atoms with Crippen LogP contribution < -0.4 is 19.9 Å². The highest BCUT2D eigenvalue weighted by Gasteiger charge is 2.19. The molecule has 0 atom stereocenters. The van der Waals surface area contributed by atoms with Gasteiger partial charge in [-0.3, -0.25) is 4.98 Å². The van der Waals surface area contributed by atoms with E-state index in [4.69, 9.17) is 19.9 Å². The summed E-state index contributed by atoms with van der Waals surface area (Å²) in [4.78, 5) is 4.30. The first-order valence-electron chi connectivity index (χ1n) is 7.12. The number of ether oxygens (including phenoxy) is 3. The lowest BCUT2D eigenvalue weighted by Gasteiger charge is -2.21. The van der Waals surface area contributed by atoms with Gasteiger partial charge in [0.15, 0.2) is 23.1 Å². The lowest BCUT2D eigenvalue weighted by molar-refractivity contribution is 0.173. The topological polar surface area (TPSA) is 66.6 Å². The molecule has 3 aromatic rings. The Kier molecular flexibility index (Phi) is 3.15. The number of nitrogens with zero attached hydrogens (tertiary/aromatic N) is 1. The minimum atomic E-state index is -0.531. The average molecular weight is 312 g/mol. The average Bonchev–Trinajstić information content (AvgIpc) is 2.57. The molecule has 0 radical (unpaired) electrons. The van der Waals surface area contributed by atoms with E-state index in [1.165, 1.54) is 12.1 Å². The van der Waals surface area contributed by atoms with Gasteiger partial charge in [0.05, 0.1) is 10.9 Å². The van der Waals surface area contributed by atoms with Crippen molar-refractivity contribution < 1.29 is 18.6 Å². The molecule has 4 rings (SSSR count). The van der Waals surface area contributed by atoms with Crippen LogP contribution in [0.2, 0.25) is 0 Å². The number of rotatable bonds is 2. The molecule has 0 amide bonds. The van der Waals surface area contributed by atoms with Crippen LogP contribution in [0.1, 0.15) is 0 Å². The van der Waals surface area contributed by atoms with Gasteiger partial charge in [-0.1, -0.05) is 0 Å². The molecule has 0 bridgehead atoms. The largest absolute Gasteiger partial charge is 0.486 e.